The van der Waals surface area contributed by atoms with Crippen molar-refractivity contribution in [2.75, 3.05) is 10.6 Å². The van der Waals surface area contributed by atoms with Gasteiger partial charge in [-0.2, -0.15) is 5.26 Å². The van der Waals surface area contributed by atoms with E-state index in [2.05, 4.69) is 37.6 Å². The second-order valence-electron chi connectivity index (χ2n) is 9.57. The zero-order chi connectivity index (χ0) is 27.7. The molecule has 5 rings (SSSR count). The summed E-state index contributed by atoms with van der Waals surface area (Å²) in [5, 5.41) is 19.3. The van der Waals surface area contributed by atoms with E-state index in [1.165, 1.54) is 30.6 Å². The summed E-state index contributed by atoms with van der Waals surface area (Å²) in [4.78, 5) is 8.27. The normalized spacial score (nSPS) is 14.5. The molecule has 4 aromatic rings. The predicted octanol–water partition coefficient (Wildman–Crippen LogP) is 4.65. The number of pyridine rings is 2. The van der Waals surface area contributed by atoms with Gasteiger partial charge in [0.25, 0.3) is 0 Å². The number of aromatic nitrogens is 2. The first-order chi connectivity index (χ1) is 18.7. The largest absolute Gasteiger partial charge is 0.378 e. The third-order valence-corrected chi connectivity index (χ3v) is 6.81. The van der Waals surface area contributed by atoms with E-state index < -0.39 is 11.3 Å². The molecule has 3 heterocycles. The van der Waals surface area contributed by atoms with Gasteiger partial charge in [0.2, 0.25) is 0 Å². The van der Waals surface area contributed by atoms with Crippen LogP contribution in [0.1, 0.15) is 25.0 Å². The number of hydrazine groups is 2. The van der Waals surface area contributed by atoms with Gasteiger partial charge < -0.3 is 16.1 Å². The fourth-order valence-corrected chi connectivity index (χ4v) is 4.67. The van der Waals surface area contributed by atoms with Crippen LogP contribution in [-0.4, -0.2) is 28.9 Å². The van der Waals surface area contributed by atoms with Crippen LogP contribution in [0.2, 0.25) is 5.02 Å². The highest BCUT2D eigenvalue weighted by atomic mass is 35.5. The fourth-order valence-electron chi connectivity index (χ4n) is 4.40. The molecule has 196 valence electrons. The predicted molar refractivity (Wildman–Crippen MR) is 151 cm³/mol. The minimum absolute atomic E-state index is 0.170. The first-order valence-electron chi connectivity index (χ1n) is 12.1. The Balaban J connectivity index is 1.64. The van der Waals surface area contributed by atoms with Crippen LogP contribution in [0, 0.1) is 23.0 Å². The molecule has 0 bridgehead atoms. The summed E-state index contributed by atoms with van der Waals surface area (Å²) in [5.74, 6) is -0.864. The lowest BCUT2D eigenvalue weighted by Crippen LogP contribution is -2.46. The standard InChI is InChI=1S/C27H24BClF2N8/c1-15(2)39-14-24(37-38-39)27(28,17-3-5-18(30)6-4-17)36-20-8-22-25(35-21-7-19(31)12-33-13-21)16(10-32)11-34-26(22)23(29)9-20/h3-9,11-15,36-38H,28H2,1-2H3,(H,34,35). The van der Waals surface area contributed by atoms with E-state index in [0.29, 0.717) is 33.0 Å². The average molecular weight is 545 g/mol. The van der Waals surface area contributed by atoms with Gasteiger partial charge in [-0.05, 0) is 43.7 Å². The van der Waals surface area contributed by atoms with Crippen molar-refractivity contribution >= 4 is 47.4 Å². The Hall–Kier alpha value is -4.40. The van der Waals surface area contributed by atoms with Crippen molar-refractivity contribution in [2.24, 2.45) is 0 Å². The van der Waals surface area contributed by atoms with Gasteiger partial charge in [0.05, 0.1) is 51.0 Å². The molecule has 1 atom stereocenters. The molecule has 1 aliphatic rings. The van der Waals surface area contributed by atoms with Gasteiger partial charge in [-0.15, -0.1) is 5.53 Å². The van der Waals surface area contributed by atoms with Gasteiger partial charge in [-0.25, -0.2) is 8.78 Å². The maximum Gasteiger partial charge on any atom is 0.148 e. The summed E-state index contributed by atoms with van der Waals surface area (Å²) >= 11 is 6.69. The molecule has 2 aromatic carbocycles. The lowest BCUT2D eigenvalue weighted by Gasteiger charge is -2.34. The number of nitrogens with zero attached hydrogens (tertiary/aromatic N) is 4. The molecule has 12 heteroatoms. The fraction of sp³-hybridized carbons (Fsp3) is 0.148. The zero-order valence-electron chi connectivity index (χ0n) is 21.4. The van der Waals surface area contributed by atoms with Crippen LogP contribution in [0.3, 0.4) is 0 Å². The number of rotatable bonds is 7. The van der Waals surface area contributed by atoms with E-state index in [1.807, 2.05) is 39.0 Å². The number of halogens is 3. The lowest BCUT2D eigenvalue weighted by atomic mass is 9.69. The highest BCUT2D eigenvalue weighted by Crippen LogP contribution is 2.38. The topological polar surface area (TPSA) is 101 Å². The van der Waals surface area contributed by atoms with Gasteiger partial charge in [0.15, 0.2) is 0 Å². The maximum absolute atomic E-state index is 13.8. The number of hydrogen-bond acceptors (Lipinski definition) is 8. The summed E-state index contributed by atoms with van der Waals surface area (Å²) in [6.45, 7) is 4.09. The molecule has 1 aliphatic heterocycles. The Kier molecular flexibility index (Phi) is 6.99. The Morgan fingerprint density at radius 3 is 2.51 bits per heavy atom. The van der Waals surface area contributed by atoms with Crippen LogP contribution in [-0.2, 0) is 5.44 Å². The molecule has 0 saturated carbocycles. The molecule has 4 N–H and O–H groups in total. The van der Waals surface area contributed by atoms with Gasteiger partial charge >= 0.3 is 0 Å². The average Bonchev–Trinajstić information content (AvgIpc) is 3.41. The van der Waals surface area contributed by atoms with Gasteiger partial charge in [-0.1, -0.05) is 23.7 Å². The number of anilines is 3. The summed E-state index contributed by atoms with van der Waals surface area (Å²) in [6, 6.07) is 13.4. The Morgan fingerprint density at radius 2 is 1.85 bits per heavy atom. The molecule has 39 heavy (non-hydrogen) atoms. The molecule has 2 aromatic heterocycles. The third kappa shape index (κ3) is 5.17. The van der Waals surface area contributed by atoms with Crippen LogP contribution >= 0.6 is 11.6 Å². The van der Waals surface area contributed by atoms with Crippen molar-refractivity contribution in [1.82, 2.24) is 25.9 Å². The molecule has 0 radical (unpaired) electrons. The Morgan fingerprint density at radius 1 is 1.08 bits per heavy atom. The first-order valence-corrected chi connectivity index (χ1v) is 12.5. The SMILES string of the molecule is BC(Nc1cc(Cl)c2ncc(C#N)c(Nc3cncc(F)c3)c2c1)(C1=CN(C(C)C)NN1)c1ccc(F)cc1. The van der Waals surface area contributed by atoms with E-state index >= 15 is 0 Å². The Bertz CT molecular complexity index is 1620. The van der Waals surface area contributed by atoms with Crippen molar-refractivity contribution in [3.8, 4) is 6.07 Å². The van der Waals surface area contributed by atoms with E-state index in [0.717, 1.165) is 17.5 Å². The molecule has 0 spiro atoms. The van der Waals surface area contributed by atoms with Crippen LogP contribution in [0.15, 0.2) is 73.0 Å². The quantitative estimate of drug-likeness (QED) is 0.250. The summed E-state index contributed by atoms with van der Waals surface area (Å²) in [6.07, 6.45) is 5.91. The highest BCUT2D eigenvalue weighted by Gasteiger charge is 2.35. The van der Waals surface area contributed by atoms with Crippen molar-refractivity contribution in [3.05, 3.63) is 101 Å². The van der Waals surface area contributed by atoms with E-state index in [1.54, 1.807) is 18.2 Å². The van der Waals surface area contributed by atoms with Gasteiger partial charge in [-0.3, -0.25) is 15.0 Å². The van der Waals surface area contributed by atoms with E-state index in [4.69, 9.17) is 11.6 Å². The maximum atomic E-state index is 13.8. The smallest absolute Gasteiger partial charge is 0.148 e. The zero-order valence-corrected chi connectivity index (χ0v) is 22.1. The number of benzene rings is 2. The first kappa shape index (κ1) is 26.2. The lowest BCUT2D eigenvalue weighted by molar-refractivity contribution is 0.220. The van der Waals surface area contributed by atoms with Crippen LogP contribution in [0.5, 0.6) is 0 Å². The number of hydrogen-bond donors (Lipinski definition) is 4. The number of nitrogens with one attached hydrogen (secondary N) is 4. The molecular weight excluding hydrogens is 521 g/mol. The summed E-state index contributed by atoms with van der Waals surface area (Å²) < 4.78 is 27.7. The minimum atomic E-state index is -0.859. The Labute approximate surface area is 230 Å². The second kappa shape index (κ2) is 10.4. The van der Waals surface area contributed by atoms with Gasteiger partial charge in [0, 0.05) is 35.6 Å². The van der Waals surface area contributed by atoms with Crippen LogP contribution < -0.4 is 21.6 Å². The van der Waals surface area contributed by atoms with Crippen molar-refractivity contribution in [3.63, 3.8) is 0 Å². The third-order valence-electron chi connectivity index (χ3n) is 6.52. The minimum Gasteiger partial charge on any atom is -0.378 e. The number of nitriles is 1. The van der Waals surface area contributed by atoms with Crippen LogP contribution in [0.25, 0.3) is 10.9 Å². The van der Waals surface area contributed by atoms with Crippen molar-refractivity contribution in [2.45, 2.75) is 25.3 Å². The van der Waals surface area contributed by atoms with Crippen LogP contribution in [0.4, 0.5) is 25.8 Å². The van der Waals surface area contributed by atoms with Crippen molar-refractivity contribution in [1.29, 1.82) is 5.26 Å². The molecule has 0 amide bonds. The van der Waals surface area contributed by atoms with Crippen molar-refractivity contribution < 1.29 is 8.78 Å². The highest BCUT2D eigenvalue weighted by molar-refractivity contribution is 6.36. The second-order valence-corrected chi connectivity index (χ2v) is 9.97. The molecule has 0 saturated heterocycles. The monoisotopic (exact) mass is 544 g/mol. The summed E-state index contributed by atoms with van der Waals surface area (Å²) in [5.41, 5.74) is 9.17. The molecular formula is C27H24BClF2N8. The molecule has 0 aliphatic carbocycles. The van der Waals surface area contributed by atoms with E-state index in [-0.39, 0.29) is 17.4 Å². The van der Waals surface area contributed by atoms with E-state index in [9.17, 15) is 14.0 Å². The number of fused-ring (bicyclic) bond motifs is 1. The molecule has 8 nitrogen and oxygen atoms in total. The van der Waals surface area contributed by atoms with Gasteiger partial charge in [0.1, 0.15) is 25.5 Å². The molecule has 1 unspecified atom stereocenters. The molecule has 0 fully saturated rings. The summed E-state index contributed by atoms with van der Waals surface area (Å²) in [7, 11) is 1.96.